The highest BCUT2D eigenvalue weighted by atomic mass is 79.9. The molecule has 0 N–H and O–H groups in total. The van der Waals surface area contributed by atoms with Crippen molar-refractivity contribution >= 4 is 15.9 Å². The summed E-state index contributed by atoms with van der Waals surface area (Å²) in [5, 5.41) is 0. The zero-order chi connectivity index (χ0) is 13.0. The highest BCUT2D eigenvalue weighted by molar-refractivity contribution is 9.10. The molecule has 18 heavy (non-hydrogen) atoms. The van der Waals surface area contributed by atoms with E-state index in [9.17, 15) is 0 Å². The van der Waals surface area contributed by atoms with E-state index in [1.807, 2.05) is 6.20 Å². The van der Waals surface area contributed by atoms with Crippen LogP contribution >= 0.6 is 15.9 Å². The predicted octanol–water partition coefficient (Wildman–Crippen LogP) is 4.24. The van der Waals surface area contributed by atoms with Gasteiger partial charge in [-0.2, -0.15) is 0 Å². The van der Waals surface area contributed by atoms with Crippen molar-refractivity contribution in [1.29, 1.82) is 0 Å². The molecule has 0 aliphatic heterocycles. The van der Waals surface area contributed by atoms with E-state index in [0.29, 0.717) is 0 Å². The maximum Gasteiger partial charge on any atom is 0.0544 e. The molecule has 0 aromatic carbocycles. The second-order valence-corrected chi connectivity index (χ2v) is 6.65. The molecule has 0 amide bonds. The highest BCUT2D eigenvalue weighted by Gasteiger charge is 2.23. The van der Waals surface area contributed by atoms with Crippen LogP contribution in [0.25, 0.3) is 0 Å². The van der Waals surface area contributed by atoms with Gasteiger partial charge in [-0.05, 0) is 46.8 Å². The molecular weight excluding hydrogens is 288 g/mol. The minimum Gasteiger partial charge on any atom is -0.294 e. The molecule has 1 saturated carbocycles. The molecule has 2 nitrogen and oxygen atoms in total. The molecule has 1 aliphatic rings. The van der Waals surface area contributed by atoms with E-state index in [0.717, 1.165) is 23.0 Å². The maximum atomic E-state index is 4.51. The van der Waals surface area contributed by atoms with Gasteiger partial charge in [0.2, 0.25) is 0 Å². The quantitative estimate of drug-likeness (QED) is 0.808. The monoisotopic (exact) mass is 310 g/mol. The Bertz CT molecular complexity index is 355. The number of hydrogen-bond donors (Lipinski definition) is 0. The summed E-state index contributed by atoms with van der Waals surface area (Å²) < 4.78 is 1.06. The topological polar surface area (TPSA) is 16.1 Å². The minimum atomic E-state index is 0.723. The van der Waals surface area contributed by atoms with Gasteiger partial charge in [0, 0.05) is 29.8 Å². The van der Waals surface area contributed by atoms with E-state index in [4.69, 9.17) is 0 Å². The molecule has 0 spiro atoms. The van der Waals surface area contributed by atoms with Crippen molar-refractivity contribution in [2.45, 2.75) is 52.1 Å². The van der Waals surface area contributed by atoms with E-state index in [1.165, 1.54) is 37.9 Å². The lowest BCUT2D eigenvalue weighted by Gasteiger charge is -2.30. The second-order valence-electron chi connectivity index (χ2n) is 5.73. The fraction of sp³-hybridized carbons (Fsp3) is 0.667. The summed E-state index contributed by atoms with van der Waals surface area (Å²) in [6, 6.07) is 4.99. The Balaban J connectivity index is 2.01. The van der Waals surface area contributed by atoms with Crippen molar-refractivity contribution in [3.63, 3.8) is 0 Å². The Morgan fingerprint density at radius 1 is 1.33 bits per heavy atom. The third kappa shape index (κ3) is 4.06. The SMILES string of the molecule is CC(C)CN(Cc1ccc(Br)cn1)C1CCCC1. The lowest BCUT2D eigenvalue weighted by molar-refractivity contribution is 0.166. The first kappa shape index (κ1) is 14.0. The molecule has 1 heterocycles. The van der Waals surface area contributed by atoms with Crippen molar-refractivity contribution in [3.05, 3.63) is 28.5 Å². The lowest BCUT2D eigenvalue weighted by atomic mass is 10.1. The van der Waals surface area contributed by atoms with E-state index in [1.54, 1.807) is 0 Å². The summed E-state index contributed by atoms with van der Waals surface area (Å²) in [7, 11) is 0. The zero-order valence-corrected chi connectivity index (χ0v) is 13.0. The summed E-state index contributed by atoms with van der Waals surface area (Å²) in [4.78, 5) is 7.14. The molecule has 2 rings (SSSR count). The summed E-state index contributed by atoms with van der Waals surface area (Å²) in [6.07, 6.45) is 7.42. The van der Waals surface area contributed by atoms with E-state index < -0.39 is 0 Å². The van der Waals surface area contributed by atoms with Gasteiger partial charge in [-0.3, -0.25) is 9.88 Å². The number of hydrogen-bond acceptors (Lipinski definition) is 2. The first-order valence-corrected chi connectivity index (χ1v) is 7.79. The summed E-state index contributed by atoms with van der Waals surface area (Å²) in [6.45, 7) is 6.78. The molecule has 100 valence electrons. The number of aromatic nitrogens is 1. The Hall–Kier alpha value is -0.410. The molecule has 1 aromatic heterocycles. The van der Waals surface area contributed by atoms with Crippen LogP contribution in [0.3, 0.4) is 0 Å². The van der Waals surface area contributed by atoms with Crippen molar-refractivity contribution < 1.29 is 0 Å². The van der Waals surface area contributed by atoms with E-state index >= 15 is 0 Å². The summed E-state index contributed by atoms with van der Waals surface area (Å²) >= 11 is 3.44. The van der Waals surface area contributed by atoms with Crippen LogP contribution in [0.4, 0.5) is 0 Å². The van der Waals surface area contributed by atoms with Crippen LogP contribution in [0.1, 0.15) is 45.2 Å². The fourth-order valence-electron chi connectivity index (χ4n) is 2.79. The standard InChI is InChI=1S/C15H23BrN2/c1-12(2)10-18(15-5-3-4-6-15)11-14-8-7-13(16)9-17-14/h7-9,12,15H,3-6,10-11H2,1-2H3. The van der Waals surface area contributed by atoms with E-state index in [2.05, 4.69) is 51.8 Å². The number of rotatable bonds is 5. The Labute approximate surface area is 119 Å². The van der Waals surface area contributed by atoms with Crippen LogP contribution in [0.5, 0.6) is 0 Å². The lowest BCUT2D eigenvalue weighted by Crippen LogP contribution is -2.35. The molecule has 1 aliphatic carbocycles. The van der Waals surface area contributed by atoms with Crippen LogP contribution in [-0.2, 0) is 6.54 Å². The molecule has 0 atom stereocenters. The molecule has 0 saturated heterocycles. The van der Waals surface area contributed by atoms with Gasteiger partial charge in [0.15, 0.2) is 0 Å². The summed E-state index contributed by atoms with van der Waals surface area (Å²) in [5.41, 5.74) is 1.19. The van der Waals surface area contributed by atoms with Crippen LogP contribution in [0.2, 0.25) is 0 Å². The fourth-order valence-corrected chi connectivity index (χ4v) is 3.02. The Kier molecular flexibility index (Phi) is 5.19. The largest absolute Gasteiger partial charge is 0.294 e. The van der Waals surface area contributed by atoms with Crippen molar-refractivity contribution in [3.8, 4) is 0 Å². The molecular formula is C15H23BrN2. The normalized spacial score (nSPS) is 16.9. The predicted molar refractivity (Wildman–Crippen MR) is 79.4 cm³/mol. The third-order valence-electron chi connectivity index (χ3n) is 3.59. The molecule has 3 heteroatoms. The highest BCUT2D eigenvalue weighted by Crippen LogP contribution is 2.25. The third-order valence-corrected chi connectivity index (χ3v) is 4.06. The van der Waals surface area contributed by atoms with Crippen molar-refractivity contribution in [2.75, 3.05) is 6.54 Å². The summed E-state index contributed by atoms with van der Waals surface area (Å²) in [5.74, 6) is 0.723. The van der Waals surface area contributed by atoms with Gasteiger partial charge in [0.1, 0.15) is 0 Å². The molecule has 1 aromatic rings. The second kappa shape index (κ2) is 6.67. The average molecular weight is 311 g/mol. The first-order valence-electron chi connectivity index (χ1n) is 6.99. The van der Waals surface area contributed by atoms with Gasteiger partial charge in [-0.1, -0.05) is 26.7 Å². The molecule has 0 bridgehead atoms. The smallest absolute Gasteiger partial charge is 0.0544 e. The van der Waals surface area contributed by atoms with Gasteiger partial charge in [0.25, 0.3) is 0 Å². The number of halogens is 1. The van der Waals surface area contributed by atoms with Crippen molar-refractivity contribution in [2.24, 2.45) is 5.92 Å². The van der Waals surface area contributed by atoms with Crippen LogP contribution in [0, 0.1) is 5.92 Å². The van der Waals surface area contributed by atoms with Gasteiger partial charge >= 0.3 is 0 Å². The van der Waals surface area contributed by atoms with Gasteiger partial charge < -0.3 is 0 Å². The van der Waals surface area contributed by atoms with E-state index in [-0.39, 0.29) is 0 Å². The average Bonchev–Trinajstić information content (AvgIpc) is 2.84. The Morgan fingerprint density at radius 3 is 2.61 bits per heavy atom. The van der Waals surface area contributed by atoms with Crippen molar-refractivity contribution in [1.82, 2.24) is 9.88 Å². The van der Waals surface area contributed by atoms with Gasteiger partial charge in [-0.15, -0.1) is 0 Å². The molecule has 1 fully saturated rings. The van der Waals surface area contributed by atoms with Crippen LogP contribution in [-0.4, -0.2) is 22.5 Å². The maximum absolute atomic E-state index is 4.51. The van der Waals surface area contributed by atoms with Crippen LogP contribution < -0.4 is 0 Å². The number of nitrogens with zero attached hydrogens (tertiary/aromatic N) is 2. The van der Waals surface area contributed by atoms with Gasteiger partial charge in [0.05, 0.1) is 5.69 Å². The first-order chi connectivity index (χ1) is 8.65. The Morgan fingerprint density at radius 2 is 2.06 bits per heavy atom. The molecule has 0 radical (unpaired) electrons. The minimum absolute atomic E-state index is 0.723. The van der Waals surface area contributed by atoms with Crippen LogP contribution in [0.15, 0.2) is 22.8 Å². The number of pyridine rings is 1. The van der Waals surface area contributed by atoms with Gasteiger partial charge in [-0.25, -0.2) is 0 Å². The zero-order valence-electron chi connectivity index (χ0n) is 11.4. The molecule has 0 unspecified atom stereocenters.